The fourth-order valence-corrected chi connectivity index (χ4v) is 3.19. The number of amides is 2. The first-order valence-corrected chi connectivity index (χ1v) is 8.26. The summed E-state index contributed by atoms with van der Waals surface area (Å²) in [4.78, 5) is 14.3. The summed E-state index contributed by atoms with van der Waals surface area (Å²) in [5, 5.41) is 6.01. The Hall–Kier alpha value is -1.55. The van der Waals surface area contributed by atoms with Crippen LogP contribution >= 0.6 is 0 Å². The molecule has 0 spiro atoms. The van der Waals surface area contributed by atoms with Crippen LogP contribution < -0.4 is 10.6 Å². The van der Waals surface area contributed by atoms with E-state index in [0.29, 0.717) is 6.54 Å². The van der Waals surface area contributed by atoms with Crippen molar-refractivity contribution in [1.29, 1.82) is 0 Å². The van der Waals surface area contributed by atoms with Crippen molar-refractivity contribution in [3.05, 3.63) is 35.4 Å². The van der Waals surface area contributed by atoms with Crippen molar-refractivity contribution in [2.45, 2.75) is 51.1 Å². The van der Waals surface area contributed by atoms with Crippen LogP contribution in [0.4, 0.5) is 4.79 Å². The molecule has 0 bridgehead atoms. The summed E-state index contributed by atoms with van der Waals surface area (Å²) in [7, 11) is 4.24. The normalized spacial score (nSPS) is 17.3. The molecule has 2 N–H and O–H groups in total. The first-order chi connectivity index (χ1) is 10.5. The molecule has 2 rings (SSSR count). The van der Waals surface area contributed by atoms with E-state index in [1.165, 1.54) is 24.8 Å². The number of nitrogens with one attached hydrogen (secondary N) is 2. The molecule has 1 aliphatic rings. The standard InChI is InChI=1S/C18H29N3O/c1-15-7-9-16(10-8-15)13-19-17(22)20-14-18(21(2)3)11-5-4-6-12-18/h7-10H,4-6,11-14H2,1-3H3,(H2,19,20,22). The van der Waals surface area contributed by atoms with Gasteiger partial charge < -0.3 is 15.5 Å². The van der Waals surface area contributed by atoms with Gasteiger partial charge in [0, 0.05) is 18.6 Å². The Kier molecular flexibility index (Phi) is 5.83. The quantitative estimate of drug-likeness (QED) is 0.878. The van der Waals surface area contributed by atoms with Gasteiger partial charge >= 0.3 is 6.03 Å². The number of rotatable bonds is 5. The Balaban J connectivity index is 1.80. The van der Waals surface area contributed by atoms with Crippen LogP contribution in [0.25, 0.3) is 0 Å². The van der Waals surface area contributed by atoms with Crippen LogP contribution in [0.15, 0.2) is 24.3 Å². The van der Waals surface area contributed by atoms with Crippen LogP contribution in [0, 0.1) is 6.92 Å². The molecule has 1 saturated carbocycles. The Bertz CT molecular complexity index is 476. The first kappa shape index (κ1) is 16.8. The first-order valence-electron chi connectivity index (χ1n) is 8.26. The zero-order valence-corrected chi connectivity index (χ0v) is 14.1. The summed E-state index contributed by atoms with van der Waals surface area (Å²) in [5.74, 6) is 0. The van der Waals surface area contributed by atoms with Gasteiger partial charge in [-0.15, -0.1) is 0 Å². The molecule has 0 saturated heterocycles. The fraction of sp³-hybridized carbons (Fsp3) is 0.611. The average Bonchev–Trinajstić information content (AvgIpc) is 2.53. The topological polar surface area (TPSA) is 44.4 Å². The van der Waals surface area contributed by atoms with Crippen molar-refractivity contribution in [2.24, 2.45) is 0 Å². The van der Waals surface area contributed by atoms with Crippen LogP contribution in [0.5, 0.6) is 0 Å². The van der Waals surface area contributed by atoms with Crippen LogP contribution in [0.1, 0.15) is 43.2 Å². The number of nitrogens with zero attached hydrogens (tertiary/aromatic N) is 1. The minimum absolute atomic E-state index is 0.0765. The lowest BCUT2D eigenvalue weighted by Crippen LogP contribution is -2.55. The van der Waals surface area contributed by atoms with Gasteiger partial charge in [0.15, 0.2) is 0 Å². The van der Waals surface area contributed by atoms with Crippen LogP contribution in [-0.2, 0) is 6.54 Å². The second-order valence-corrected chi connectivity index (χ2v) is 6.70. The van der Waals surface area contributed by atoms with E-state index < -0.39 is 0 Å². The highest BCUT2D eigenvalue weighted by molar-refractivity contribution is 5.73. The van der Waals surface area contributed by atoms with Gasteiger partial charge in [-0.1, -0.05) is 49.1 Å². The molecule has 0 radical (unpaired) electrons. The second-order valence-electron chi connectivity index (χ2n) is 6.70. The highest BCUT2D eigenvalue weighted by Crippen LogP contribution is 2.31. The molecule has 4 nitrogen and oxygen atoms in total. The lowest BCUT2D eigenvalue weighted by molar-refractivity contribution is 0.101. The number of hydrogen-bond acceptors (Lipinski definition) is 2. The molecule has 1 fully saturated rings. The summed E-state index contributed by atoms with van der Waals surface area (Å²) in [6, 6.07) is 8.17. The Morgan fingerprint density at radius 1 is 1.09 bits per heavy atom. The van der Waals surface area contributed by atoms with Crippen molar-refractivity contribution in [3.63, 3.8) is 0 Å². The van der Waals surface area contributed by atoms with Crippen LogP contribution in [0.2, 0.25) is 0 Å². The summed E-state index contributed by atoms with van der Waals surface area (Å²) in [5.41, 5.74) is 2.48. The van der Waals surface area contributed by atoms with Gasteiger partial charge in [0.2, 0.25) is 0 Å². The third-order valence-corrected chi connectivity index (χ3v) is 4.88. The molecule has 1 aromatic carbocycles. The summed E-state index contributed by atoms with van der Waals surface area (Å²) >= 11 is 0. The van der Waals surface area contributed by atoms with Crippen LogP contribution in [-0.4, -0.2) is 37.1 Å². The van der Waals surface area contributed by atoms with E-state index in [0.717, 1.165) is 24.9 Å². The van der Waals surface area contributed by atoms with Crippen LogP contribution in [0.3, 0.4) is 0 Å². The Morgan fingerprint density at radius 3 is 2.32 bits per heavy atom. The predicted octanol–water partition coefficient (Wildman–Crippen LogP) is 3.06. The lowest BCUT2D eigenvalue weighted by atomic mass is 9.80. The number of benzene rings is 1. The van der Waals surface area contributed by atoms with E-state index in [4.69, 9.17) is 0 Å². The molecular formula is C18H29N3O. The summed E-state index contributed by atoms with van der Waals surface area (Å²) in [6.07, 6.45) is 6.15. The number of carbonyl (C=O) groups is 1. The molecule has 0 heterocycles. The molecule has 0 unspecified atom stereocenters. The van der Waals surface area contributed by atoms with Gasteiger partial charge in [-0.25, -0.2) is 4.79 Å². The molecule has 0 atom stereocenters. The van der Waals surface area contributed by atoms with Crippen molar-refractivity contribution in [2.75, 3.05) is 20.6 Å². The summed E-state index contributed by atoms with van der Waals surface area (Å²) in [6.45, 7) is 3.36. The van der Waals surface area contributed by atoms with E-state index in [9.17, 15) is 4.79 Å². The van der Waals surface area contributed by atoms with Crippen molar-refractivity contribution >= 4 is 6.03 Å². The predicted molar refractivity (Wildman–Crippen MR) is 90.9 cm³/mol. The zero-order chi connectivity index (χ0) is 16.0. The fourth-order valence-electron chi connectivity index (χ4n) is 3.19. The molecule has 122 valence electrons. The van der Waals surface area contributed by atoms with Gasteiger partial charge in [-0.3, -0.25) is 0 Å². The third-order valence-electron chi connectivity index (χ3n) is 4.88. The van der Waals surface area contributed by atoms with Gasteiger partial charge in [0.05, 0.1) is 0 Å². The van der Waals surface area contributed by atoms with Gasteiger partial charge in [-0.05, 0) is 39.4 Å². The average molecular weight is 303 g/mol. The number of carbonyl (C=O) groups excluding carboxylic acids is 1. The third kappa shape index (κ3) is 4.47. The molecule has 1 aromatic rings. The number of hydrogen-bond donors (Lipinski definition) is 2. The largest absolute Gasteiger partial charge is 0.336 e. The summed E-state index contributed by atoms with van der Waals surface area (Å²) < 4.78 is 0. The van der Waals surface area contributed by atoms with E-state index in [-0.39, 0.29) is 11.6 Å². The minimum Gasteiger partial charge on any atom is -0.336 e. The highest BCUT2D eigenvalue weighted by Gasteiger charge is 2.34. The monoisotopic (exact) mass is 303 g/mol. The Labute approximate surface area is 134 Å². The zero-order valence-electron chi connectivity index (χ0n) is 14.1. The SMILES string of the molecule is Cc1ccc(CNC(=O)NCC2(N(C)C)CCCCC2)cc1. The molecule has 1 aliphatic carbocycles. The van der Waals surface area contributed by atoms with Crippen molar-refractivity contribution in [1.82, 2.24) is 15.5 Å². The number of urea groups is 1. The minimum atomic E-state index is -0.0765. The maximum Gasteiger partial charge on any atom is 0.315 e. The molecule has 2 amide bonds. The molecule has 4 heteroatoms. The second kappa shape index (κ2) is 7.63. The van der Waals surface area contributed by atoms with E-state index >= 15 is 0 Å². The molecule has 0 aliphatic heterocycles. The smallest absolute Gasteiger partial charge is 0.315 e. The van der Waals surface area contributed by atoms with E-state index in [1.54, 1.807) is 0 Å². The van der Waals surface area contributed by atoms with E-state index in [1.807, 2.05) is 0 Å². The van der Waals surface area contributed by atoms with Crippen molar-refractivity contribution < 1.29 is 4.79 Å². The molecular weight excluding hydrogens is 274 g/mol. The molecule has 0 aromatic heterocycles. The maximum absolute atomic E-state index is 12.1. The number of aryl methyl sites for hydroxylation is 1. The van der Waals surface area contributed by atoms with Gasteiger partial charge in [0.25, 0.3) is 0 Å². The van der Waals surface area contributed by atoms with Gasteiger partial charge in [0.1, 0.15) is 0 Å². The van der Waals surface area contributed by atoms with Gasteiger partial charge in [-0.2, -0.15) is 0 Å². The maximum atomic E-state index is 12.1. The highest BCUT2D eigenvalue weighted by atomic mass is 16.2. The lowest BCUT2D eigenvalue weighted by Gasteiger charge is -2.43. The Morgan fingerprint density at radius 2 is 1.73 bits per heavy atom. The van der Waals surface area contributed by atoms with E-state index in [2.05, 4.69) is 60.8 Å². The number of likely N-dealkylation sites (N-methyl/N-ethyl adjacent to an activating group) is 1. The van der Waals surface area contributed by atoms with Crippen molar-refractivity contribution in [3.8, 4) is 0 Å². The molecule has 22 heavy (non-hydrogen) atoms.